The molecular weight excluding hydrogens is 520 g/mol. The fourth-order valence-corrected chi connectivity index (χ4v) is 6.04. The van der Waals surface area contributed by atoms with Crippen LogP contribution in [-0.4, -0.2) is 74.1 Å². The number of morpholine rings is 1. The fourth-order valence-electron chi connectivity index (χ4n) is 6.04. The van der Waals surface area contributed by atoms with E-state index in [-0.39, 0.29) is 17.7 Å². The van der Waals surface area contributed by atoms with Gasteiger partial charge in [-0.2, -0.15) is 0 Å². The van der Waals surface area contributed by atoms with E-state index in [2.05, 4.69) is 9.88 Å². The predicted molar refractivity (Wildman–Crippen MR) is 153 cm³/mol. The molecule has 2 fully saturated rings. The van der Waals surface area contributed by atoms with Crippen LogP contribution in [-0.2, 0) is 9.47 Å². The molecule has 214 valence electrons. The zero-order valence-electron chi connectivity index (χ0n) is 23.4. The highest BCUT2D eigenvalue weighted by Gasteiger charge is 2.40. The van der Waals surface area contributed by atoms with Crippen molar-refractivity contribution >= 4 is 11.6 Å². The number of hydrogen-bond donors (Lipinski definition) is 0. The van der Waals surface area contributed by atoms with Crippen molar-refractivity contribution in [1.82, 2.24) is 9.88 Å². The van der Waals surface area contributed by atoms with Crippen molar-refractivity contribution in [1.29, 1.82) is 0 Å². The van der Waals surface area contributed by atoms with Crippen LogP contribution >= 0.6 is 0 Å². The van der Waals surface area contributed by atoms with Gasteiger partial charge in [0.25, 0.3) is 0 Å². The van der Waals surface area contributed by atoms with Gasteiger partial charge in [0, 0.05) is 37.0 Å². The number of benzene rings is 2. The van der Waals surface area contributed by atoms with E-state index in [9.17, 15) is 9.59 Å². The summed E-state index contributed by atoms with van der Waals surface area (Å²) in [6, 6.07) is 16.5. The molecule has 1 aromatic heterocycles. The van der Waals surface area contributed by atoms with Crippen LogP contribution < -0.4 is 9.47 Å². The molecule has 2 heterocycles. The molecule has 0 bridgehead atoms. The van der Waals surface area contributed by atoms with Crippen LogP contribution in [0.3, 0.4) is 0 Å². The molecule has 0 N–H and O–H groups in total. The third-order valence-corrected chi connectivity index (χ3v) is 8.27. The maximum absolute atomic E-state index is 13.8. The van der Waals surface area contributed by atoms with Crippen molar-refractivity contribution in [2.45, 2.75) is 43.8 Å². The average Bonchev–Trinajstić information content (AvgIpc) is 3.61. The molecule has 2 aliphatic carbocycles. The molecule has 1 saturated heterocycles. The lowest BCUT2D eigenvalue weighted by molar-refractivity contribution is 0.00896. The number of rotatable bonds is 10. The number of ketones is 2. The van der Waals surface area contributed by atoms with Gasteiger partial charge in [0.15, 0.2) is 23.1 Å². The number of aromatic nitrogens is 1. The third-order valence-electron chi connectivity index (χ3n) is 8.27. The predicted octanol–water partition coefficient (Wildman–Crippen LogP) is 5.01. The second-order valence-electron chi connectivity index (χ2n) is 10.9. The van der Waals surface area contributed by atoms with Gasteiger partial charge in [-0.1, -0.05) is 24.3 Å². The Labute approximate surface area is 240 Å². The second kappa shape index (κ2) is 12.5. The summed E-state index contributed by atoms with van der Waals surface area (Å²) in [4.78, 5) is 34.2. The highest BCUT2D eigenvalue weighted by molar-refractivity contribution is 6.29. The van der Waals surface area contributed by atoms with Crippen LogP contribution in [0.1, 0.15) is 75.2 Å². The molecule has 8 nitrogen and oxygen atoms in total. The van der Waals surface area contributed by atoms with E-state index < -0.39 is 12.0 Å². The number of hydrogen-bond acceptors (Lipinski definition) is 8. The third kappa shape index (κ3) is 5.91. The Kier molecular flexibility index (Phi) is 8.41. The fraction of sp³-hybridized carbons (Fsp3) is 0.424. The largest absolute Gasteiger partial charge is 0.493 e. The molecule has 3 aliphatic rings. The molecule has 2 unspecified atom stereocenters. The maximum atomic E-state index is 13.8. The van der Waals surface area contributed by atoms with Crippen molar-refractivity contribution in [2.24, 2.45) is 0 Å². The minimum atomic E-state index is -0.910. The zero-order valence-corrected chi connectivity index (χ0v) is 23.4. The average molecular weight is 557 g/mol. The van der Waals surface area contributed by atoms with E-state index >= 15 is 0 Å². The van der Waals surface area contributed by atoms with Crippen LogP contribution in [0, 0.1) is 0 Å². The SMILES string of the molecule is COc1ccc(C2C(=O)c3ccc(C(OCCN4CCOCC4)c4ccccn4)cc3C2=O)cc1OC1CCCC1. The van der Waals surface area contributed by atoms with Gasteiger partial charge in [-0.15, -0.1) is 0 Å². The molecule has 1 aliphatic heterocycles. The first-order valence-electron chi connectivity index (χ1n) is 14.5. The van der Waals surface area contributed by atoms with E-state index in [1.165, 1.54) is 0 Å². The van der Waals surface area contributed by atoms with Crippen molar-refractivity contribution in [2.75, 3.05) is 46.6 Å². The Morgan fingerprint density at radius 1 is 0.951 bits per heavy atom. The number of pyridine rings is 1. The zero-order chi connectivity index (χ0) is 28.2. The molecule has 0 radical (unpaired) electrons. The summed E-state index contributed by atoms with van der Waals surface area (Å²) in [5.74, 6) is -0.135. The Bertz CT molecular complexity index is 1380. The molecule has 2 aromatic carbocycles. The number of fused-ring (bicyclic) bond motifs is 1. The first kappa shape index (κ1) is 27.6. The number of carbonyl (C=O) groups excluding carboxylic acids is 2. The summed E-state index contributed by atoms with van der Waals surface area (Å²) in [7, 11) is 1.60. The number of ether oxygens (including phenoxy) is 4. The molecule has 6 rings (SSSR count). The van der Waals surface area contributed by atoms with E-state index in [4.69, 9.17) is 18.9 Å². The molecule has 8 heteroatoms. The highest BCUT2D eigenvalue weighted by atomic mass is 16.5. The summed E-state index contributed by atoms with van der Waals surface area (Å²) in [5.41, 5.74) is 3.03. The lowest BCUT2D eigenvalue weighted by atomic mass is 9.94. The normalized spacial score (nSPS) is 20.3. The lowest BCUT2D eigenvalue weighted by Crippen LogP contribution is -2.38. The maximum Gasteiger partial charge on any atom is 0.178 e. The van der Waals surface area contributed by atoms with Crippen molar-refractivity contribution in [3.05, 3.63) is 88.7 Å². The second-order valence-corrected chi connectivity index (χ2v) is 10.9. The van der Waals surface area contributed by atoms with Gasteiger partial charge in [0.1, 0.15) is 12.0 Å². The molecule has 41 heavy (non-hydrogen) atoms. The molecule has 1 saturated carbocycles. The van der Waals surface area contributed by atoms with Crippen LogP contribution in [0.2, 0.25) is 0 Å². The monoisotopic (exact) mass is 556 g/mol. The molecular formula is C33H36N2O6. The van der Waals surface area contributed by atoms with Gasteiger partial charge in [-0.05, 0) is 67.1 Å². The first-order chi connectivity index (χ1) is 20.1. The summed E-state index contributed by atoms with van der Waals surface area (Å²) in [6.45, 7) is 4.51. The van der Waals surface area contributed by atoms with Crippen LogP contribution in [0.15, 0.2) is 60.8 Å². The van der Waals surface area contributed by atoms with Gasteiger partial charge < -0.3 is 18.9 Å². The van der Waals surface area contributed by atoms with Gasteiger partial charge in [0.2, 0.25) is 0 Å². The Balaban J connectivity index is 1.25. The standard InChI is InChI=1S/C33H36N2O6/c1-38-28-12-10-22(21-29(28)41-24-6-2-3-7-24)30-31(36)25-11-9-23(20-26(25)32(30)37)33(27-8-4-5-13-34-27)40-19-16-35-14-17-39-18-15-35/h4-5,8-13,20-21,24,30,33H,2-3,6-7,14-19H2,1H3. The van der Waals surface area contributed by atoms with Crippen molar-refractivity contribution in [3.8, 4) is 11.5 Å². The van der Waals surface area contributed by atoms with E-state index in [1.54, 1.807) is 37.6 Å². The van der Waals surface area contributed by atoms with Gasteiger partial charge in [-0.25, -0.2) is 0 Å². The van der Waals surface area contributed by atoms with Crippen LogP contribution in [0.4, 0.5) is 0 Å². The summed E-state index contributed by atoms with van der Waals surface area (Å²) in [5, 5.41) is 0. The first-order valence-corrected chi connectivity index (χ1v) is 14.5. The van der Waals surface area contributed by atoms with E-state index in [1.807, 2.05) is 30.3 Å². The Morgan fingerprint density at radius 3 is 2.51 bits per heavy atom. The van der Waals surface area contributed by atoms with E-state index in [0.717, 1.165) is 69.8 Å². The smallest absolute Gasteiger partial charge is 0.178 e. The highest BCUT2D eigenvalue weighted by Crippen LogP contribution is 2.40. The summed E-state index contributed by atoms with van der Waals surface area (Å²) < 4.78 is 23.6. The number of nitrogens with zero attached hydrogens (tertiary/aromatic N) is 2. The van der Waals surface area contributed by atoms with Crippen LogP contribution in [0.5, 0.6) is 11.5 Å². The van der Waals surface area contributed by atoms with Gasteiger partial charge in [-0.3, -0.25) is 19.5 Å². The topological polar surface area (TPSA) is 87.2 Å². The summed E-state index contributed by atoms with van der Waals surface area (Å²) >= 11 is 0. The number of Topliss-reactive ketones (excluding diaryl/α,β-unsaturated/α-hetero) is 2. The Morgan fingerprint density at radius 2 is 1.76 bits per heavy atom. The summed E-state index contributed by atoms with van der Waals surface area (Å²) in [6.07, 6.45) is 5.67. The number of carbonyl (C=O) groups is 2. The Hall–Kier alpha value is -3.59. The van der Waals surface area contributed by atoms with Crippen LogP contribution in [0.25, 0.3) is 0 Å². The quantitative estimate of drug-likeness (QED) is 0.322. The molecule has 3 aromatic rings. The van der Waals surface area contributed by atoms with Crippen molar-refractivity contribution in [3.63, 3.8) is 0 Å². The van der Waals surface area contributed by atoms with Gasteiger partial charge in [0.05, 0.1) is 38.7 Å². The lowest BCUT2D eigenvalue weighted by Gasteiger charge is -2.27. The van der Waals surface area contributed by atoms with Crippen molar-refractivity contribution < 1.29 is 28.5 Å². The van der Waals surface area contributed by atoms with E-state index in [0.29, 0.717) is 34.8 Å². The molecule has 0 amide bonds. The molecule has 0 spiro atoms. The number of methoxy groups -OCH3 is 1. The van der Waals surface area contributed by atoms with Gasteiger partial charge >= 0.3 is 0 Å². The minimum absolute atomic E-state index is 0.126. The minimum Gasteiger partial charge on any atom is -0.493 e. The molecule has 2 atom stereocenters.